The van der Waals surface area contributed by atoms with Crippen molar-refractivity contribution < 1.29 is 14.5 Å². The number of benzene rings is 3. The average molecular weight is 600 g/mol. The normalized spacial score (nSPS) is 17.5. The van der Waals surface area contributed by atoms with Gasteiger partial charge in [0.25, 0.3) is 11.6 Å². The van der Waals surface area contributed by atoms with Gasteiger partial charge in [-0.3, -0.25) is 19.7 Å². The van der Waals surface area contributed by atoms with Crippen molar-refractivity contribution in [2.75, 3.05) is 17.2 Å². The van der Waals surface area contributed by atoms with Gasteiger partial charge in [0.15, 0.2) is 5.17 Å². The van der Waals surface area contributed by atoms with Crippen molar-refractivity contribution >= 4 is 80.2 Å². The van der Waals surface area contributed by atoms with Gasteiger partial charge in [0.1, 0.15) is 18.2 Å². The molecule has 0 saturated carbocycles. The molecule has 42 heavy (non-hydrogen) atoms. The number of thioether (sulfide) groups is 1. The van der Waals surface area contributed by atoms with Gasteiger partial charge in [-0.25, -0.2) is 9.97 Å². The Morgan fingerprint density at radius 2 is 1.95 bits per heavy atom. The Hall–Kier alpha value is -4.81. The van der Waals surface area contributed by atoms with E-state index in [1.807, 2.05) is 17.0 Å². The zero-order chi connectivity index (χ0) is 29.2. The molecule has 2 aliphatic heterocycles. The van der Waals surface area contributed by atoms with Gasteiger partial charge in [0.05, 0.1) is 20.9 Å². The standard InChI is InChI=1S/C29H22ClN7O4S/c30-18-6-3-7-19(14-18)33-26-21-15-20(10-11-22(21)31-16-32-26)34-27(38)24-9-4-12-36(24)29-35-28(39)25(42-29)13-17-5-1-2-8-23(17)37(40)41/h1-3,5-8,10-11,13-16,24H,4,9,12H2,(H,34,38)(H,31,32,33)/b25-13+/t24-/m0/s1. The number of halogens is 1. The van der Waals surface area contributed by atoms with Crippen LogP contribution >= 0.6 is 23.4 Å². The molecular formula is C29H22ClN7O4S. The number of hydrogen-bond acceptors (Lipinski definition) is 9. The molecule has 13 heteroatoms. The quantitative estimate of drug-likeness (QED) is 0.155. The molecule has 0 spiro atoms. The van der Waals surface area contributed by atoms with Crippen LogP contribution in [0, 0.1) is 10.1 Å². The summed E-state index contributed by atoms with van der Waals surface area (Å²) in [6.07, 6.45) is 4.26. The van der Waals surface area contributed by atoms with E-state index in [2.05, 4.69) is 25.6 Å². The van der Waals surface area contributed by atoms with Crippen molar-refractivity contribution in [1.82, 2.24) is 14.9 Å². The van der Waals surface area contributed by atoms with E-state index < -0.39 is 16.9 Å². The molecule has 2 N–H and O–H groups in total. The number of fused-ring (bicyclic) bond motifs is 1. The molecule has 1 fully saturated rings. The van der Waals surface area contributed by atoms with Crippen molar-refractivity contribution in [3.63, 3.8) is 0 Å². The van der Waals surface area contributed by atoms with Crippen LogP contribution in [-0.4, -0.2) is 49.4 Å². The molecule has 3 heterocycles. The van der Waals surface area contributed by atoms with E-state index >= 15 is 0 Å². The molecule has 2 aliphatic rings. The van der Waals surface area contributed by atoms with E-state index in [1.165, 1.54) is 18.5 Å². The highest BCUT2D eigenvalue weighted by Crippen LogP contribution is 2.35. The Balaban J connectivity index is 1.19. The first-order valence-corrected chi connectivity index (χ1v) is 14.2. The number of para-hydroxylation sites is 1. The van der Waals surface area contributed by atoms with Crippen LogP contribution in [0.4, 0.5) is 22.9 Å². The number of carbonyl (C=O) groups excluding carboxylic acids is 2. The number of aliphatic imine (C=N–C) groups is 1. The summed E-state index contributed by atoms with van der Waals surface area (Å²) >= 11 is 7.24. The lowest BCUT2D eigenvalue weighted by Crippen LogP contribution is -2.41. The van der Waals surface area contributed by atoms with E-state index in [9.17, 15) is 19.7 Å². The molecule has 11 nitrogen and oxygen atoms in total. The van der Waals surface area contributed by atoms with E-state index in [1.54, 1.807) is 48.5 Å². The molecular weight excluding hydrogens is 578 g/mol. The molecule has 4 aromatic rings. The number of carbonyl (C=O) groups is 2. The molecule has 3 aromatic carbocycles. The summed E-state index contributed by atoms with van der Waals surface area (Å²) in [7, 11) is 0. The number of anilines is 3. The number of rotatable bonds is 6. The SMILES string of the molecule is O=C1N=C(N2CCC[C@H]2C(=O)Nc2ccc3ncnc(Nc4cccc(Cl)c4)c3c2)S/C1=C/c1ccccc1[N+](=O)[O-]. The number of nitrogens with zero attached hydrogens (tertiary/aromatic N) is 5. The first-order valence-electron chi connectivity index (χ1n) is 13.0. The van der Waals surface area contributed by atoms with E-state index in [0.717, 1.165) is 23.9 Å². The van der Waals surface area contributed by atoms with Gasteiger partial charge in [-0.15, -0.1) is 0 Å². The van der Waals surface area contributed by atoms with Crippen LogP contribution in [0.1, 0.15) is 18.4 Å². The van der Waals surface area contributed by atoms with E-state index in [0.29, 0.717) is 51.1 Å². The third-order valence-corrected chi connectivity index (χ3v) is 8.08. The zero-order valence-electron chi connectivity index (χ0n) is 21.9. The van der Waals surface area contributed by atoms with Gasteiger partial charge < -0.3 is 15.5 Å². The van der Waals surface area contributed by atoms with Crippen LogP contribution in [0.2, 0.25) is 5.02 Å². The third-order valence-electron chi connectivity index (χ3n) is 6.82. The molecule has 6 rings (SSSR count). The summed E-state index contributed by atoms with van der Waals surface area (Å²) < 4.78 is 0. The summed E-state index contributed by atoms with van der Waals surface area (Å²) in [6.45, 7) is 0.551. The van der Waals surface area contributed by atoms with Crippen molar-refractivity contribution in [3.8, 4) is 0 Å². The summed E-state index contributed by atoms with van der Waals surface area (Å²) in [5.41, 5.74) is 2.24. The molecule has 0 aliphatic carbocycles. The van der Waals surface area contributed by atoms with Gasteiger partial charge in [0.2, 0.25) is 5.91 Å². The Morgan fingerprint density at radius 3 is 2.79 bits per heavy atom. The number of nitro groups is 1. The van der Waals surface area contributed by atoms with Crippen LogP contribution in [0.3, 0.4) is 0 Å². The molecule has 2 amide bonds. The van der Waals surface area contributed by atoms with Gasteiger partial charge in [0, 0.05) is 34.4 Å². The summed E-state index contributed by atoms with van der Waals surface area (Å²) in [4.78, 5) is 52.0. The molecule has 0 bridgehead atoms. The molecule has 1 aromatic heterocycles. The highest BCUT2D eigenvalue weighted by Gasteiger charge is 2.37. The van der Waals surface area contributed by atoms with Gasteiger partial charge in [-0.2, -0.15) is 4.99 Å². The minimum absolute atomic E-state index is 0.100. The maximum atomic E-state index is 13.5. The van der Waals surface area contributed by atoms with Crippen molar-refractivity contribution in [1.29, 1.82) is 0 Å². The second-order valence-corrected chi connectivity index (χ2v) is 11.0. The first kappa shape index (κ1) is 27.4. The Labute approximate surface area is 248 Å². The second-order valence-electron chi connectivity index (χ2n) is 9.56. The Bertz CT molecular complexity index is 1810. The minimum Gasteiger partial charge on any atom is -0.340 e. The van der Waals surface area contributed by atoms with Crippen LogP contribution in [0.15, 0.2) is 83.0 Å². The maximum Gasteiger partial charge on any atom is 0.286 e. The van der Waals surface area contributed by atoms with Gasteiger partial charge in [-0.1, -0.05) is 29.8 Å². The van der Waals surface area contributed by atoms with Crippen molar-refractivity contribution in [2.45, 2.75) is 18.9 Å². The third kappa shape index (κ3) is 5.67. The Morgan fingerprint density at radius 1 is 1.10 bits per heavy atom. The fourth-order valence-corrected chi connectivity index (χ4v) is 6.04. The van der Waals surface area contributed by atoms with E-state index in [4.69, 9.17) is 11.6 Å². The number of amides is 2. The lowest BCUT2D eigenvalue weighted by Gasteiger charge is -2.24. The van der Waals surface area contributed by atoms with Crippen molar-refractivity contribution in [3.05, 3.63) is 98.7 Å². The van der Waals surface area contributed by atoms with Crippen LogP contribution in [0.25, 0.3) is 17.0 Å². The summed E-state index contributed by atoms with van der Waals surface area (Å²) in [5, 5.41) is 19.3. The van der Waals surface area contributed by atoms with Gasteiger partial charge in [-0.05, 0) is 73.1 Å². The molecule has 1 atom stereocenters. The summed E-state index contributed by atoms with van der Waals surface area (Å²) in [5.74, 6) is -0.164. The smallest absolute Gasteiger partial charge is 0.286 e. The van der Waals surface area contributed by atoms with Gasteiger partial charge >= 0.3 is 0 Å². The topological polar surface area (TPSA) is 143 Å². The highest BCUT2D eigenvalue weighted by atomic mass is 35.5. The number of amidine groups is 1. The first-order chi connectivity index (χ1) is 20.4. The minimum atomic E-state index is -0.541. The fourth-order valence-electron chi connectivity index (χ4n) is 4.87. The lowest BCUT2D eigenvalue weighted by molar-refractivity contribution is -0.385. The number of nitro benzene ring substituents is 1. The molecule has 1 saturated heterocycles. The molecule has 0 unspecified atom stereocenters. The Kier molecular flexibility index (Phi) is 7.55. The molecule has 210 valence electrons. The largest absolute Gasteiger partial charge is 0.340 e. The molecule has 0 radical (unpaired) electrons. The predicted molar refractivity (Wildman–Crippen MR) is 164 cm³/mol. The van der Waals surface area contributed by atoms with Crippen LogP contribution < -0.4 is 10.6 Å². The second kappa shape index (κ2) is 11.6. The predicted octanol–water partition coefficient (Wildman–Crippen LogP) is 6.01. The monoisotopic (exact) mass is 599 g/mol. The van der Waals surface area contributed by atoms with Crippen LogP contribution in [0.5, 0.6) is 0 Å². The number of nitrogens with one attached hydrogen (secondary N) is 2. The summed E-state index contributed by atoms with van der Waals surface area (Å²) in [6, 6.07) is 18.3. The van der Waals surface area contributed by atoms with Crippen molar-refractivity contribution in [2.24, 2.45) is 4.99 Å². The number of aromatic nitrogens is 2. The average Bonchev–Trinajstić information content (AvgIpc) is 3.60. The maximum absolute atomic E-state index is 13.5. The van der Waals surface area contributed by atoms with E-state index in [-0.39, 0.29) is 16.5 Å². The lowest BCUT2D eigenvalue weighted by atomic mass is 10.1. The fraction of sp³-hybridized carbons (Fsp3) is 0.138. The zero-order valence-corrected chi connectivity index (χ0v) is 23.4. The highest BCUT2D eigenvalue weighted by molar-refractivity contribution is 8.18. The van der Waals surface area contributed by atoms with Crippen LogP contribution in [-0.2, 0) is 9.59 Å². The number of likely N-dealkylation sites (tertiary alicyclic amines) is 1. The number of hydrogen-bond donors (Lipinski definition) is 2.